The zero-order chi connectivity index (χ0) is 19.7. The molecule has 1 aromatic heterocycles. The third-order valence-electron chi connectivity index (χ3n) is 5.53. The number of carbonyl (C=O) groups is 1. The van der Waals surface area contributed by atoms with Gasteiger partial charge in [-0.1, -0.05) is 6.07 Å². The molecule has 1 aliphatic carbocycles. The molecule has 1 aromatic carbocycles. The number of hydrogen-bond acceptors (Lipinski definition) is 5. The van der Waals surface area contributed by atoms with E-state index in [1.165, 1.54) is 18.1 Å². The molecule has 0 bridgehead atoms. The minimum atomic E-state index is -3.49. The second-order valence-electron chi connectivity index (χ2n) is 7.57. The van der Waals surface area contributed by atoms with E-state index in [-0.39, 0.29) is 11.8 Å². The Labute approximate surface area is 170 Å². The standard InChI is InChI=1S/C20H25N3O3S2/c1-14(24)21-11-18-13-27-20(22-18)17-6-3-9-23(12-17)28(25,26)19-8-7-15-4-2-5-16(15)10-19/h7-8,10,13,17H,2-6,9,11-12H2,1H3,(H,21,24)/t17-/m1/s1. The van der Waals surface area contributed by atoms with Crippen molar-refractivity contribution in [1.82, 2.24) is 14.6 Å². The largest absolute Gasteiger partial charge is 0.351 e. The summed E-state index contributed by atoms with van der Waals surface area (Å²) < 4.78 is 28.0. The maximum Gasteiger partial charge on any atom is 0.243 e. The zero-order valence-electron chi connectivity index (χ0n) is 16.0. The summed E-state index contributed by atoms with van der Waals surface area (Å²) in [6.45, 7) is 2.92. The molecule has 150 valence electrons. The lowest BCUT2D eigenvalue weighted by Crippen LogP contribution is -2.39. The Balaban J connectivity index is 1.49. The van der Waals surface area contributed by atoms with Crippen molar-refractivity contribution in [3.05, 3.63) is 45.4 Å². The maximum atomic E-state index is 13.2. The first-order valence-electron chi connectivity index (χ1n) is 9.74. The van der Waals surface area contributed by atoms with Crippen molar-refractivity contribution >= 4 is 27.3 Å². The summed E-state index contributed by atoms with van der Waals surface area (Å²) in [5, 5.41) is 5.65. The van der Waals surface area contributed by atoms with E-state index in [0.717, 1.165) is 42.8 Å². The van der Waals surface area contributed by atoms with Gasteiger partial charge in [0.05, 0.1) is 22.1 Å². The molecule has 0 unspecified atom stereocenters. The van der Waals surface area contributed by atoms with Gasteiger partial charge in [-0.2, -0.15) is 4.31 Å². The minimum absolute atomic E-state index is 0.0844. The summed E-state index contributed by atoms with van der Waals surface area (Å²) in [4.78, 5) is 16.1. The third kappa shape index (κ3) is 3.99. The van der Waals surface area contributed by atoms with Gasteiger partial charge in [-0.3, -0.25) is 4.79 Å². The number of aryl methyl sites for hydroxylation is 2. The molecule has 0 radical (unpaired) electrons. The van der Waals surface area contributed by atoms with Crippen LogP contribution in [0.1, 0.15) is 53.9 Å². The molecule has 1 amide bonds. The summed E-state index contributed by atoms with van der Waals surface area (Å²) in [5.41, 5.74) is 3.29. The van der Waals surface area contributed by atoms with Crippen LogP contribution < -0.4 is 5.32 Å². The minimum Gasteiger partial charge on any atom is -0.351 e. The number of benzene rings is 1. The molecule has 28 heavy (non-hydrogen) atoms. The zero-order valence-corrected chi connectivity index (χ0v) is 17.6. The van der Waals surface area contributed by atoms with E-state index in [4.69, 9.17) is 0 Å². The van der Waals surface area contributed by atoms with Crippen molar-refractivity contribution in [2.75, 3.05) is 13.1 Å². The molecular formula is C20H25N3O3S2. The van der Waals surface area contributed by atoms with Crippen molar-refractivity contribution in [3.8, 4) is 0 Å². The molecule has 1 atom stereocenters. The second-order valence-corrected chi connectivity index (χ2v) is 10.4. The van der Waals surface area contributed by atoms with Crippen molar-refractivity contribution in [3.63, 3.8) is 0 Å². The number of sulfonamides is 1. The van der Waals surface area contributed by atoms with E-state index in [1.807, 2.05) is 17.5 Å². The number of thiazole rings is 1. The van der Waals surface area contributed by atoms with E-state index in [1.54, 1.807) is 21.7 Å². The molecule has 6 nitrogen and oxygen atoms in total. The normalized spacial score (nSPS) is 20.1. The lowest BCUT2D eigenvalue weighted by atomic mass is 10.0. The van der Waals surface area contributed by atoms with Gasteiger partial charge in [-0.05, 0) is 55.4 Å². The van der Waals surface area contributed by atoms with Crippen molar-refractivity contribution in [1.29, 1.82) is 0 Å². The summed E-state index contributed by atoms with van der Waals surface area (Å²) in [6, 6.07) is 5.61. The molecule has 1 N–H and O–H groups in total. The first kappa shape index (κ1) is 19.5. The quantitative estimate of drug-likeness (QED) is 0.808. The molecule has 1 aliphatic heterocycles. The summed E-state index contributed by atoms with van der Waals surface area (Å²) in [6.07, 6.45) is 4.89. The Morgan fingerprint density at radius 3 is 2.93 bits per heavy atom. The summed E-state index contributed by atoms with van der Waals surface area (Å²) in [7, 11) is -3.49. The number of aromatic nitrogens is 1. The fourth-order valence-electron chi connectivity index (χ4n) is 4.03. The number of amides is 1. The lowest BCUT2D eigenvalue weighted by Gasteiger charge is -2.31. The fraction of sp³-hybridized carbons (Fsp3) is 0.500. The van der Waals surface area contributed by atoms with E-state index < -0.39 is 10.0 Å². The highest BCUT2D eigenvalue weighted by Gasteiger charge is 2.32. The van der Waals surface area contributed by atoms with Crippen molar-refractivity contribution < 1.29 is 13.2 Å². The first-order valence-corrected chi connectivity index (χ1v) is 12.1. The van der Waals surface area contributed by atoms with Crippen LogP contribution in [0.15, 0.2) is 28.5 Å². The smallest absolute Gasteiger partial charge is 0.243 e. The molecular weight excluding hydrogens is 394 g/mol. The lowest BCUT2D eigenvalue weighted by molar-refractivity contribution is -0.119. The summed E-state index contributed by atoms with van der Waals surface area (Å²) in [5.74, 6) is 0.0212. The predicted octanol–water partition coefficient (Wildman–Crippen LogP) is 2.84. The monoisotopic (exact) mass is 419 g/mol. The van der Waals surface area contributed by atoms with Gasteiger partial charge in [0.25, 0.3) is 0 Å². The van der Waals surface area contributed by atoms with Crippen molar-refractivity contribution in [2.45, 2.75) is 56.4 Å². The van der Waals surface area contributed by atoms with Gasteiger partial charge in [0.1, 0.15) is 0 Å². The number of carbonyl (C=O) groups excluding carboxylic acids is 1. The van der Waals surface area contributed by atoms with Crippen molar-refractivity contribution in [2.24, 2.45) is 0 Å². The van der Waals surface area contributed by atoms with E-state index in [2.05, 4.69) is 10.3 Å². The van der Waals surface area contributed by atoms with Crippen LogP contribution >= 0.6 is 11.3 Å². The maximum absolute atomic E-state index is 13.2. The van der Waals surface area contributed by atoms with Gasteiger partial charge >= 0.3 is 0 Å². The van der Waals surface area contributed by atoms with Crippen LogP contribution in [-0.4, -0.2) is 36.7 Å². The fourth-order valence-corrected chi connectivity index (χ4v) is 6.55. The number of fused-ring (bicyclic) bond motifs is 1. The number of rotatable bonds is 5. The SMILES string of the molecule is CC(=O)NCc1csc([C@@H]2CCCN(S(=O)(=O)c3ccc4c(c3)CCC4)C2)n1. The topological polar surface area (TPSA) is 79.4 Å². The van der Waals surface area contributed by atoms with E-state index in [0.29, 0.717) is 24.5 Å². The molecule has 2 aromatic rings. The molecule has 1 fully saturated rings. The van der Waals surface area contributed by atoms with E-state index >= 15 is 0 Å². The van der Waals surface area contributed by atoms with Crippen LogP contribution in [0.3, 0.4) is 0 Å². The van der Waals surface area contributed by atoms with Gasteiger partial charge in [0.2, 0.25) is 15.9 Å². The number of nitrogens with zero attached hydrogens (tertiary/aromatic N) is 2. The van der Waals surface area contributed by atoms with Gasteiger partial charge in [-0.15, -0.1) is 11.3 Å². The summed E-state index contributed by atoms with van der Waals surface area (Å²) >= 11 is 1.55. The third-order valence-corrected chi connectivity index (χ3v) is 8.45. The number of hydrogen-bond donors (Lipinski definition) is 1. The molecule has 2 aliphatic rings. The van der Waals surface area contributed by atoms with Crippen LogP contribution in [0.5, 0.6) is 0 Å². The highest BCUT2D eigenvalue weighted by Crippen LogP contribution is 2.33. The number of piperidine rings is 1. The molecule has 0 saturated carbocycles. The van der Waals surface area contributed by atoms with Gasteiger partial charge in [0, 0.05) is 31.3 Å². The Hall–Kier alpha value is -1.77. The second kappa shape index (κ2) is 7.93. The average molecular weight is 420 g/mol. The van der Waals surface area contributed by atoms with Gasteiger partial charge < -0.3 is 5.32 Å². The first-order chi connectivity index (χ1) is 13.4. The Morgan fingerprint density at radius 1 is 1.29 bits per heavy atom. The van der Waals surface area contributed by atoms with Crippen LogP contribution in [0, 0.1) is 0 Å². The van der Waals surface area contributed by atoms with Crippen LogP contribution in [-0.2, 0) is 34.2 Å². The number of nitrogens with one attached hydrogen (secondary N) is 1. The van der Waals surface area contributed by atoms with Crippen LogP contribution in [0.4, 0.5) is 0 Å². The molecule has 4 rings (SSSR count). The Morgan fingerprint density at radius 2 is 2.11 bits per heavy atom. The van der Waals surface area contributed by atoms with Crippen LogP contribution in [0.2, 0.25) is 0 Å². The highest BCUT2D eigenvalue weighted by atomic mass is 32.2. The molecule has 1 saturated heterocycles. The van der Waals surface area contributed by atoms with Gasteiger partial charge in [0.15, 0.2) is 0 Å². The van der Waals surface area contributed by atoms with Gasteiger partial charge in [-0.25, -0.2) is 13.4 Å². The highest BCUT2D eigenvalue weighted by molar-refractivity contribution is 7.89. The average Bonchev–Trinajstić information content (AvgIpc) is 3.35. The van der Waals surface area contributed by atoms with Crippen LogP contribution in [0.25, 0.3) is 0 Å². The Kier molecular flexibility index (Phi) is 5.53. The molecule has 0 spiro atoms. The molecule has 8 heteroatoms. The van der Waals surface area contributed by atoms with E-state index in [9.17, 15) is 13.2 Å². The predicted molar refractivity (Wildman–Crippen MR) is 109 cm³/mol. The molecule has 2 heterocycles. The Bertz CT molecular complexity index is 984.